The molecule has 0 aliphatic rings. The lowest BCUT2D eigenvalue weighted by Gasteiger charge is -2.25. The zero-order chi connectivity index (χ0) is 37.9. The van der Waals surface area contributed by atoms with Gasteiger partial charge in [-0.2, -0.15) is 0 Å². The number of phenolic OH excluding ortho intramolecular Hbond substituents is 1. The number of carboxylic acid groups (broad SMARTS) is 1. The summed E-state index contributed by atoms with van der Waals surface area (Å²) in [6.07, 6.45) is 0.694. The number of nitrogens with one attached hydrogen (secondary N) is 5. The Morgan fingerprint density at radius 1 is 0.725 bits per heavy atom. The third-order valence-electron chi connectivity index (χ3n) is 7.43. The van der Waals surface area contributed by atoms with Crippen molar-refractivity contribution in [1.29, 1.82) is 0 Å². The molecule has 0 bridgehead atoms. The third-order valence-corrected chi connectivity index (χ3v) is 7.43. The Balaban J connectivity index is 2.02. The molecule has 13 N–H and O–H groups in total. The van der Waals surface area contributed by atoms with Gasteiger partial charge in [0.25, 0.3) is 0 Å². The fourth-order valence-corrected chi connectivity index (χ4v) is 4.83. The number of hydrogen-bond donors (Lipinski definition) is 10. The van der Waals surface area contributed by atoms with E-state index in [0.29, 0.717) is 11.1 Å². The number of amides is 5. The first-order chi connectivity index (χ1) is 24.1. The molecule has 5 amide bonds. The molecule has 4 atom stereocenters. The fraction of sp³-hybridized carbons (Fsp3) is 0.441. The number of rotatable bonds is 21. The molecular weight excluding hydrogens is 662 g/mol. The maximum Gasteiger partial charge on any atom is 0.326 e. The van der Waals surface area contributed by atoms with Gasteiger partial charge in [0.05, 0.1) is 19.1 Å². The van der Waals surface area contributed by atoms with Crippen LogP contribution in [0.5, 0.6) is 5.75 Å². The third kappa shape index (κ3) is 16.5. The predicted molar refractivity (Wildman–Crippen MR) is 189 cm³/mol. The number of nitrogens with zero attached hydrogens (tertiary/aromatic N) is 1. The van der Waals surface area contributed by atoms with Crippen LogP contribution in [-0.2, 0) is 41.6 Å². The molecule has 0 aromatic heterocycles. The van der Waals surface area contributed by atoms with E-state index in [2.05, 4.69) is 31.6 Å². The first-order valence-electron chi connectivity index (χ1n) is 16.4. The SMILES string of the molecule is CC(C)CC(NC(=O)C(Cc1ccccc1)NC(=O)CNC(=O)CNC(=O)C(N)Cc1ccc(O)cc1)C(=O)NC(CCCN=C(N)N)C(=O)O. The number of aromatic hydroxyl groups is 1. The summed E-state index contributed by atoms with van der Waals surface area (Å²) >= 11 is 0. The maximum absolute atomic E-state index is 13.6. The Kier molecular flexibility index (Phi) is 17.4. The van der Waals surface area contributed by atoms with Crippen molar-refractivity contribution < 1.29 is 39.0 Å². The molecule has 0 aliphatic carbocycles. The second kappa shape index (κ2) is 21.4. The molecule has 0 aliphatic heterocycles. The van der Waals surface area contributed by atoms with Gasteiger partial charge in [-0.3, -0.25) is 29.0 Å². The molecule has 0 fully saturated rings. The average Bonchev–Trinajstić information content (AvgIpc) is 3.07. The number of carbonyl (C=O) groups excluding carboxylic acids is 5. The molecule has 0 heterocycles. The van der Waals surface area contributed by atoms with E-state index in [0.717, 1.165) is 0 Å². The van der Waals surface area contributed by atoms with Crippen LogP contribution in [-0.4, -0.2) is 95.5 Å². The van der Waals surface area contributed by atoms with Gasteiger partial charge < -0.3 is 54.0 Å². The lowest BCUT2D eigenvalue weighted by molar-refractivity contribution is -0.142. The zero-order valence-electron chi connectivity index (χ0n) is 28.8. The van der Waals surface area contributed by atoms with E-state index in [1.54, 1.807) is 42.5 Å². The number of carbonyl (C=O) groups is 6. The van der Waals surface area contributed by atoms with Gasteiger partial charge in [-0.15, -0.1) is 0 Å². The summed E-state index contributed by atoms with van der Waals surface area (Å²) in [6, 6.07) is 10.4. The summed E-state index contributed by atoms with van der Waals surface area (Å²) in [6.45, 7) is 2.84. The van der Waals surface area contributed by atoms with E-state index in [4.69, 9.17) is 17.2 Å². The summed E-state index contributed by atoms with van der Waals surface area (Å²) in [7, 11) is 0. The van der Waals surface area contributed by atoms with Crippen molar-refractivity contribution in [1.82, 2.24) is 26.6 Å². The van der Waals surface area contributed by atoms with Gasteiger partial charge >= 0.3 is 5.97 Å². The van der Waals surface area contributed by atoms with Crippen molar-refractivity contribution in [2.75, 3.05) is 19.6 Å². The first-order valence-corrected chi connectivity index (χ1v) is 16.4. The van der Waals surface area contributed by atoms with E-state index >= 15 is 0 Å². The van der Waals surface area contributed by atoms with E-state index in [9.17, 15) is 39.0 Å². The van der Waals surface area contributed by atoms with Crippen LogP contribution in [0.25, 0.3) is 0 Å². The highest BCUT2D eigenvalue weighted by Crippen LogP contribution is 2.11. The number of aliphatic carboxylic acids is 1. The molecule has 0 radical (unpaired) electrons. The maximum atomic E-state index is 13.6. The van der Waals surface area contributed by atoms with Crippen LogP contribution in [0.4, 0.5) is 0 Å². The molecular formula is C34H49N9O8. The van der Waals surface area contributed by atoms with Crippen LogP contribution >= 0.6 is 0 Å². The van der Waals surface area contributed by atoms with Gasteiger partial charge in [0.2, 0.25) is 29.5 Å². The summed E-state index contributed by atoms with van der Waals surface area (Å²) < 4.78 is 0. The van der Waals surface area contributed by atoms with Gasteiger partial charge in [-0.1, -0.05) is 56.3 Å². The largest absolute Gasteiger partial charge is 0.508 e. The van der Waals surface area contributed by atoms with E-state index in [-0.39, 0.29) is 56.3 Å². The fourth-order valence-electron chi connectivity index (χ4n) is 4.83. The number of hydrogen-bond acceptors (Lipinski definition) is 9. The number of phenols is 1. The summed E-state index contributed by atoms with van der Waals surface area (Å²) in [5, 5.41) is 31.6. The minimum atomic E-state index is -1.27. The number of aliphatic imine (C=N–C) groups is 1. The number of benzene rings is 2. The Hall–Kier alpha value is -5.71. The van der Waals surface area contributed by atoms with Gasteiger partial charge in [-0.25, -0.2) is 4.79 Å². The summed E-state index contributed by atoms with van der Waals surface area (Å²) in [5.74, 6) is -4.82. The molecule has 278 valence electrons. The van der Waals surface area contributed by atoms with E-state index in [1.807, 2.05) is 13.8 Å². The van der Waals surface area contributed by atoms with Crippen LogP contribution in [0.1, 0.15) is 44.2 Å². The van der Waals surface area contributed by atoms with Crippen molar-refractivity contribution in [3.05, 3.63) is 65.7 Å². The average molecular weight is 712 g/mol. The molecule has 0 saturated carbocycles. The number of guanidine groups is 1. The second-order valence-corrected chi connectivity index (χ2v) is 12.3. The molecule has 0 saturated heterocycles. The Morgan fingerprint density at radius 2 is 1.31 bits per heavy atom. The molecule has 2 aromatic carbocycles. The minimum absolute atomic E-state index is 0.0366. The van der Waals surface area contributed by atoms with Crippen molar-refractivity contribution in [3.63, 3.8) is 0 Å². The first kappa shape index (κ1) is 41.5. The normalized spacial score (nSPS) is 13.1. The molecule has 4 unspecified atom stereocenters. The van der Waals surface area contributed by atoms with Crippen molar-refractivity contribution >= 4 is 41.5 Å². The smallest absolute Gasteiger partial charge is 0.326 e. The van der Waals surface area contributed by atoms with Crippen molar-refractivity contribution in [3.8, 4) is 5.75 Å². The van der Waals surface area contributed by atoms with Crippen LogP contribution in [0.3, 0.4) is 0 Å². The Bertz CT molecular complexity index is 1500. The van der Waals surface area contributed by atoms with Crippen LogP contribution in [0, 0.1) is 5.92 Å². The quantitative estimate of drug-likeness (QED) is 0.0399. The summed E-state index contributed by atoms with van der Waals surface area (Å²) in [4.78, 5) is 80.2. The van der Waals surface area contributed by atoms with Crippen LogP contribution in [0.2, 0.25) is 0 Å². The van der Waals surface area contributed by atoms with E-state index < -0.39 is 72.8 Å². The lowest BCUT2D eigenvalue weighted by Crippen LogP contribution is -2.57. The topological polar surface area (TPSA) is 293 Å². The molecule has 2 aromatic rings. The number of carboxylic acids is 1. The van der Waals surface area contributed by atoms with Crippen LogP contribution in [0.15, 0.2) is 59.6 Å². The Labute approximate surface area is 296 Å². The van der Waals surface area contributed by atoms with E-state index in [1.165, 1.54) is 12.1 Å². The minimum Gasteiger partial charge on any atom is -0.508 e. The summed E-state index contributed by atoms with van der Waals surface area (Å²) in [5.41, 5.74) is 17.9. The highest BCUT2D eigenvalue weighted by molar-refractivity contribution is 5.94. The van der Waals surface area contributed by atoms with Crippen LogP contribution < -0.4 is 43.8 Å². The van der Waals surface area contributed by atoms with Gasteiger partial charge in [0.15, 0.2) is 5.96 Å². The number of nitrogens with two attached hydrogens (primary N) is 3. The highest BCUT2D eigenvalue weighted by Gasteiger charge is 2.30. The molecule has 17 heteroatoms. The zero-order valence-corrected chi connectivity index (χ0v) is 28.8. The van der Waals surface area contributed by atoms with Crippen molar-refractivity contribution in [2.24, 2.45) is 28.1 Å². The van der Waals surface area contributed by atoms with Crippen molar-refractivity contribution in [2.45, 2.75) is 70.1 Å². The van der Waals surface area contributed by atoms with Gasteiger partial charge in [0.1, 0.15) is 23.9 Å². The second-order valence-electron chi connectivity index (χ2n) is 12.3. The molecule has 0 spiro atoms. The molecule has 2 rings (SSSR count). The standard InChI is InChI=1S/C34H49N9O8/c1-20(2)15-26(31(48)42-25(33(50)51)9-6-14-38-34(36)37)43-32(49)27(17-21-7-4-3-5-8-21)41-29(46)19-39-28(45)18-40-30(47)24(35)16-22-10-12-23(44)13-11-22/h3-5,7-8,10-13,20,24-27,44H,6,9,14-19,35H2,1-2H3,(H,39,45)(H,40,47)(H,41,46)(H,42,48)(H,43,49)(H,50,51)(H4,36,37,38). The van der Waals surface area contributed by atoms with Gasteiger partial charge in [0, 0.05) is 13.0 Å². The monoisotopic (exact) mass is 711 g/mol. The Morgan fingerprint density at radius 3 is 1.92 bits per heavy atom. The molecule has 17 nitrogen and oxygen atoms in total. The lowest BCUT2D eigenvalue weighted by atomic mass is 10.0. The van der Waals surface area contributed by atoms with Gasteiger partial charge in [-0.05, 0) is 54.9 Å². The molecule has 51 heavy (non-hydrogen) atoms. The predicted octanol–water partition coefficient (Wildman–Crippen LogP) is -1.62. The highest BCUT2D eigenvalue weighted by atomic mass is 16.4.